The van der Waals surface area contributed by atoms with Crippen molar-refractivity contribution in [2.45, 2.75) is 13.8 Å². The predicted octanol–water partition coefficient (Wildman–Crippen LogP) is 3.67. The van der Waals surface area contributed by atoms with Crippen molar-refractivity contribution in [3.05, 3.63) is 54.1 Å². The van der Waals surface area contributed by atoms with E-state index < -0.39 is 0 Å². The second-order valence-corrected chi connectivity index (χ2v) is 2.61. The SMILES string of the molecule is CC=CC(=CC)c1ccccc1. The molecule has 0 aliphatic rings. The van der Waals surface area contributed by atoms with E-state index in [1.807, 2.05) is 13.0 Å². The minimum absolute atomic E-state index is 1.28. The highest BCUT2D eigenvalue weighted by Gasteiger charge is 1.92. The summed E-state index contributed by atoms with van der Waals surface area (Å²) in [6.45, 7) is 4.09. The van der Waals surface area contributed by atoms with Gasteiger partial charge in [-0.25, -0.2) is 0 Å². The fourth-order valence-electron chi connectivity index (χ4n) is 1.17. The van der Waals surface area contributed by atoms with Crippen LogP contribution in [-0.2, 0) is 0 Å². The molecule has 0 saturated carbocycles. The fourth-order valence-corrected chi connectivity index (χ4v) is 1.17. The van der Waals surface area contributed by atoms with Crippen molar-refractivity contribution in [1.82, 2.24) is 0 Å². The number of hydrogen-bond donors (Lipinski definition) is 0. The summed E-state index contributed by atoms with van der Waals surface area (Å²) in [7, 11) is 0. The van der Waals surface area contributed by atoms with Crippen molar-refractivity contribution in [2.24, 2.45) is 0 Å². The third-order valence-corrected chi connectivity index (χ3v) is 1.76. The lowest BCUT2D eigenvalue weighted by molar-refractivity contribution is 1.58. The van der Waals surface area contributed by atoms with E-state index in [9.17, 15) is 0 Å². The Kier molecular flexibility index (Phi) is 3.34. The van der Waals surface area contributed by atoms with E-state index in [1.54, 1.807) is 0 Å². The molecule has 0 atom stereocenters. The minimum atomic E-state index is 1.28. The molecule has 1 aromatic rings. The van der Waals surface area contributed by atoms with Gasteiger partial charge in [0.2, 0.25) is 0 Å². The third-order valence-electron chi connectivity index (χ3n) is 1.76. The van der Waals surface area contributed by atoms with Crippen molar-refractivity contribution in [3.8, 4) is 0 Å². The van der Waals surface area contributed by atoms with Gasteiger partial charge >= 0.3 is 0 Å². The molecule has 12 heavy (non-hydrogen) atoms. The van der Waals surface area contributed by atoms with E-state index in [0.717, 1.165) is 0 Å². The van der Waals surface area contributed by atoms with Crippen LogP contribution in [-0.4, -0.2) is 0 Å². The molecule has 0 N–H and O–H groups in total. The second-order valence-electron chi connectivity index (χ2n) is 2.61. The predicted molar refractivity (Wildman–Crippen MR) is 54.9 cm³/mol. The highest BCUT2D eigenvalue weighted by Crippen LogP contribution is 2.14. The maximum Gasteiger partial charge on any atom is -0.0187 e. The van der Waals surface area contributed by atoms with Gasteiger partial charge in [0.25, 0.3) is 0 Å². The van der Waals surface area contributed by atoms with Crippen LogP contribution in [0.3, 0.4) is 0 Å². The summed E-state index contributed by atoms with van der Waals surface area (Å²) in [5.41, 5.74) is 2.55. The second kappa shape index (κ2) is 4.55. The van der Waals surface area contributed by atoms with E-state index in [4.69, 9.17) is 0 Å². The summed E-state index contributed by atoms with van der Waals surface area (Å²) in [6.07, 6.45) is 6.30. The minimum Gasteiger partial charge on any atom is -0.0871 e. The summed E-state index contributed by atoms with van der Waals surface area (Å²) in [5.74, 6) is 0. The van der Waals surface area contributed by atoms with Crippen LogP contribution in [0.1, 0.15) is 19.4 Å². The van der Waals surface area contributed by atoms with Crippen LogP contribution in [0, 0.1) is 0 Å². The molecule has 0 heterocycles. The number of benzene rings is 1. The van der Waals surface area contributed by atoms with Crippen LogP contribution in [0.5, 0.6) is 0 Å². The molecule has 0 unspecified atom stereocenters. The quantitative estimate of drug-likeness (QED) is 0.576. The molecule has 0 nitrogen and oxygen atoms in total. The van der Waals surface area contributed by atoms with Gasteiger partial charge in [0.15, 0.2) is 0 Å². The van der Waals surface area contributed by atoms with Gasteiger partial charge in [0, 0.05) is 0 Å². The molecule has 0 saturated heterocycles. The fraction of sp³-hybridized carbons (Fsp3) is 0.167. The molecule has 0 heteroatoms. The molecular weight excluding hydrogens is 144 g/mol. The van der Waals surface area contributed by atoms with Crippen LogP contribution < -0.4 is 0 Å². The molecule has 1 aromatic carbocycles. The van der Waals surface area contributed by atoms with Gasteiger partial charge in [-0.15, -0.1) is 0 Å². The molecule has 0 aliphatic heterocycles. The van der Waals surface area contributed by atoms with Crippen LogP contribution in [0.2, 0.25) is 0 Å². The van der Waals surface area contributed by atoms with Gasteiger partial charge in [-0.2, -0.15) is 0 Å². The summed E-state index contributed by atoms with van der Waals surface area (Å²) >= 11 is 0. The normalized spacial score (nSPS) is 12.3. The van der Waals surface area contributed by atoms with Crippen LogP contribution in [0.15, 0.2) is 48.6 Å². The standard InChI is InChI=1S/C12H14/c1-3-8-11(4-2)12-9-6-5-7-10-12/h3-10H,1-2H3. The Morgan fingerprint density at radius 2 is 1.75 bits per heavy atom. The average molecular weight is 158 g/mol. The molecule has 0 aliphatic carbocycles. The van der Waals surface area contributed by atoms with Gasteiger partial charge < -0.3 is 0 Å². The number of rotatable bonds is 2. The molecule has 0 amide bonds. The van der Waals surface area contributed by atoms with Crippen molar-refractivity contribution in [3.63, 3.8) is 0 Å². The zero-order chi connectivity index (χ0) is 8.81. The molecule has 0 fully saturated rings. The monoisotopic (exact) mass is 158 g/mol. The lowest BCUT2D eigenvalue weighted by atomic mass is 10.1. The van der Waals surface area contributed by atoms with Gasteiger partial charge in [-0.3, -0.25) is 0 Å². The first kappa shape index (κ1) is 8.79. The van der Waals surface area contributed by atoms with Crippen LogP contribution >= 0.6 is 0 Å². The zero-order valence-corrected chi connectivity index (χ0v) is 7.62. The van der Waals surface area contributed by atoms with Gasteiger partial charge in [-0.05, 0) is 25.0 Å². The van der Waals surface area contributed by atoms with Crippen LogP contribution in [0.25, 0.3) is 5.57 Å². The molecule has 62 valence electrons. The Balaban J connectivity index is 2.97. The van der Waals surface area contributed by atoms with E-state index >= 15 is 0 Å². The Morgan fingerprint density at radius 1 is 1.08 bits per heavy atom. The number of allylic oxidation sites excluding steroid dienone is 4. The molecule has 0 spiro atoms. The van der Waals surface area contributed by atoms with E-state index in [1.165, 1.54) is 11.1 Å². The topological polar surface area (TPSA) is 0 Å². The van der Waals surface area contributed by atoms with Crippen LogP contribution in [0.4, 0.5) is 0 Å². The average Bonchev–Trinajstić information content (AvgIpc) is 2.15. The molecule has 1 rings (SSSR count). The molecular formula is C12H14. The van der Waals surface area contributed by atoms with E-state index in [0.29, 0.717) is 0 Å². The van der Waals surface area contributed by atoms with Crippen molar-refractivity contribution < 1.29 is 0 Å². The summed E-state index contributed by atoms with van der Waals surface area (Å²) in [5, 5.41) is 0. The van der Waals surface area contributed by atoms with Crippen molar-refractivity contribution >= 4 is 5.57 Å². The molecule has 0 bridgehead atoms. The first-order valence-electron chi connectivity index (χ1n) is 4.23. The van der Waals surface area contributed by atoms with E-state index in [2.05, 4.69) is 49.4 Å². The largest absolute Gasteiger partial charge is 0.0871 e. The highest BCUT2D eigenvalue weighted by atomic mass is 14.0. The first-order valence-corrected chi connectivity index (χ1v) is 4.23. The first-order chi connectivity index (χ1) is 5.88. The highest BCUT2D eigenvalue weighted by molar-refractivity contribution is 5.73. The maximum absolute atomic E-state index is 2.12. The van der Waals surface area contributed by atoms with Gasteiger partial charge in [-0.1, -0.05) is 48.6 Å². The van der Waals surface area contributed by atoms with Crippen molar-refractivity contribution in [1.29, 1.82) is 0 Å². The third kappa shape index (κ3) is 2.09. The lowest BCUT2D eigenvalue weighted by Gasteiger charge is -1.99. The summed E-state index contributed by atoms with van der Waals surface area (Å²) < 4.78 is 0. The Hall–Kier alpha value is -1.30. The lowest BCUT2D eigenvalue weighted by Crippen LogP contribution is -1.77. The van der Waals surface area contributed by atoms with Gasteiger partial charge in [0.1, 0.15) is 0 Å². The Bertz CT molecular complexity index is 278. The smallest absolute Gasteiger partial charge is 0.0187 e. The Labute approximate surface area is 74.2 Å². The summed E-state index contributed by atoms with van der Waals surface area (Å²) in [6, 6.07) is 10.4. The summed E-state index contributed by atoms with van der Waals surface area (Å²) in [4.78, 5) is 0. The Morgan fingerprint density at radius 3 is 2.25 bits per heavy atom. The van der Waals surface area contributed by atoms with E-state index in [-0.39, 0.29) is 0 Å². The molecule has 0 radical (unpaired) electrons. The number of hydrogen-bond acceptors (Lipinski definition) is 0. The zero-order valence-electron chi connectivity index (χ0n) is 7.62. The maximum atomic E-state index is 2.12. The molecule has 0 aromatic heterocycles. The van der Waals surface area contributed by atoms with Gasteiger partial charge in [0.05, 0.1) is 0 Å². The van der Waals surface area contributed by atoms with Crippen molar-refractivity contribution in [2.75, 3.05) is 0 Å².